The topological polar surface area (TPSA) is 46.6 Å². The van der Waals surface area contributed by atoms with Crippen LogP contribution in [0.4, 0.5) is 0 Å². The Hall–Kier alpha value is -1.68. The van der Waals surface area contributed by atoms with Crippen LogP contribution in [0.15, 0.2) is 35.5 Å². The summed E-state index contributed by atoms with van der Waals surface area (Å²) in [5, 5.41) is 0. The lowest BCUT2D eigenvalue weighted by Crippen LogP contribution is -2.43. The molecule has 0 aliphatic carbocycles. The van der Waals surface area contributed by atoms with E-state index in [1.165, 1.54) is 0 Å². The monoisotopic (exact) mass is 319 g/mol. The minimum atomic E-state index is -0.292. The first-order valence-electron chi connectivity index (χ1n) is 8.30. The predicted molar refractivity (Wildman–Crippen MR) is 93.1 cm³/mol. The van der Waals surface area contributed by atoms with Crippen molar-refractivity contribution in [3.63, 3.8) is 0 Å². The van der Waals surface area contributed by atoms with E-state index in [9.17, 15) is 9.59 Å². The van der Waals surface area contributed by atoms with E-state index in [2.05, 4.69) is 6.58 Å². The molecule has 1 aliphatic rings. The van der Waals surface area contributed by atoms with Gasteiger partial charge in [-0.3, -0.25) is 9.59 Å². The number of ketones is 1. The fourth-order valence-electron chi connectivity index (χ4n) is 2.77. The standard InChI is InChI=1S/C19H29NO3/c1-6-14(3)12-15(4)17(7-2)18(21)13-16(5)19(22)20-8-10-23-11-9-20/h6,12,16H,1,7-11,13H2,2-5H3/b14-12-,17-15+. The Balaban J connectivity index is 2.77. The average molecular weight is 319 g/mol. The summed E-state index contributed by atoms with van der Waals surface area (Å²) in [4.78, 5) is 26.8. The van der Waals surface area contributed by atoms with Crippen molar-refractivity contribution in [2.75, 3.05) is 26.3 Å². The summed E-state index contributed by atoms with van der Waals surface area (Å²) in [5.74, 6) is -0.181. The summed E-state index contributed by atoms with van der Waals surface area (Å²) in [6, 6.07) is 0. The molecule has 0 saturated carbocycles. The first kappa shape index (κ1) is 19.4. The van der Waals surface area contributed by atoms with Crippen LogP contribution in [0, 0.1) is 5.92 Å². The van der Waals surface area contributed by atoms with Gasteiger partial charge in [-0.05, 0) is 31.4 Å². The number of carbonyl (C=O) groups excluding carboxylic acids is 2. The zero-order chi connectivity index (χ0) is 17.4. The molecule has 1 atom stereocenters. The first-order valence-corrected chi connectivity index (χ1v) is 8.30. The number of amides is 1. The van der Waals surface area contributed by atoms with Crippen LogP contribution in [0.25, 0.3) is 0 Å². The molecule has 1 aliphatic heterocycles. The summed E-state index contributed by atoms with van der Waals surface area (Å²) < 4.78 is 5.26. The first-order chi connectivity index (χ1) is 10.9. The normalized spacial score (nSPS) is 18.3. The third kappa shape index (κ3) is 5.79. The molecule has 0 aromatic rings. The lowest BCUT2D eigenvalue weighted by atomic mass is 9.93. The number of morpholine rings is 1. The highest BCUT2D eigenvalue weighted by Gasteiger charge is 2.25. The van der Waals surface area contributed by atoms with Crippen molar-refractivity contribution in [2.24, 2.45) is 5.92 Å². The van der Waals surface area contributed by atoms with Crippen LogP contribution >= 0.6 is 0 Å². The maximum Gasteiger partial charge on any atom is 0.226 e. The van der Waals surface area contributed by atoms with Crippen LogP contribution in [-0.2, 0) is 14.3 Å². The molecule has 1 rings (SSSR count). The van der Waals surface area contributed by atoms with Crippen LogP contribution in [0.3, 0.4) is 0 Å². The van der Waals surface area contributed by atoms with Crippen LogP contribution in [0.5, 0.6) is 0 Å². The van der Waals surface area contributed by atoms with E-state index in [-0.39, 0.29) is 24.0 Å². The highest BCUT2D eigenvalue weighted by Crippen LogP contribution is 2.19. The molecule has 0 bridgehead atoms. The minimum Gasteiger partial charge on any atom is -0.378 e. The van der Waals surface area contributed by atoms with Gasteiger partial charge in [0.25, 0.3) is 0 Å². The molecule has 1 heterocycles. The zero-order valence-corrected chi connectivity index (χ0v) is 14.9. The molecule has 0 aromatic carbocycles. The van der Waals surface area contributed by atoms with Crippen molar-refractivity contribution in [2.45, 2.75) is 40.5 Å². The average Bonchev–Trinajstić information content (AvgIpc) is 2.55. The number of allylic oxidation sites excluding steroid dienone is 5. The van der Waals surface area contributed by atoms with Crippen molar-refractivity contribution < 1.29 is 14.3 Å². The molecule has 1 unspecified atom stereocenters. The van der Waals surface area contributed by atoms with Crippen molar-refractivity contribution in [3.8, 4) is 0 Å². The number of carbonyl (C=O) groups is 2. The Kier molecular flexibility index (Phi) is 7.96. The number of ether oxygens (including phenoxy) is 1. The third-order valence-electron chi connectivity index (χ3n) is 4.17. The van der Waals surface area contributed by atoms with Gasteiger partial charge < -0.3 is 9.64 Å². The Labute approximate surface area is 139 Å². The van der Waals surface area contributed by atoms with Gasteiger partial charge in [0.2, 0.25) is 5.91 Å². The molecule has 23 heavy (non-hydrogen) atoms. The maximum atomic E-state index is 12.6. The third-order valence-corrected chi connectivity index (χ3v) is 4.17. The van der Waals surface area contributed by atoms with Gasteiger partial charge in [0, 0.05) is 25.4 Å². The van der Waals surface area contributed by atoms with E-state index in [4.69, 9.17) is 4.74 Å². The van der Waals surface area contributed by atoms with Crippen molar-refractivity contribution in [3.05, 3.63) is 35.5 Å². The highest BCUT2D eigenvalue weighted by molar-refractivity contribution is 5.98. The molecule has 128 valence electrons. The molecule has 0 aromatic heterocycles. The van der Waals surface area contributed by atoms with Crippen LogP contribution in [0.2, 0.25) is 0 Å². The van der Waals surface area contributed by atoms with Gasteiger partial charge in [0.1, 0.15) is 0 Å². The number of Topliss-reactive ketones (excluding diaryl/α,β-unsaturated/α-hetero) is 1. The van der Waals surface area contributed by atoms with Gasteiger partial charge in [-0.1, -0.05) is 38.2 Å². The fraction of sp³-hybridized carbons (Fsp3) is 0.579. The van der Waals surface area contributed by atoms with E-state index in [1.807, 2.05) is 33.8 Å². The molecule has 4 heteroatoms. The molecule has 0 N–H and O–H groups in total. The molecular weight excluding hydrogens is 290 g/mol. The minimum absolute atomic E-state index is 0.0487. The van der Waals surface area contributed by atoms with Gasteiger partial charge >= 0.3 is 0 Å². The summed E-state index contributed by atoms with van der Waals surface area (Å²) in [7, 11) is 0. The van der Waals surface area contributed by atoms with Crippen LogP contribution < -0.4 is 0 Å². The van der Waals surface area contributed by atoms with Crippen LogP contribution in [-0.4, -0.2) is 42.9 Å². The lowest BCUT2D eigenvalue weighted by Gasteiger charge is -2.29. The predicted octanol–water partition coefficient (Wildman–Crippen LogP) is 3.30. The number of rotatable bonds is 7. The van der Waals surface area contributed by atoms with Crippen molar-refractivity contribution in [1.82, 2.24) is 4.90 Å². The molecule has 0 radical (unpaired) electrons. The summed E-state index contributed by atoms with van der Waals surface area (Å²) in [6.07, 6.45) is 4.67. The molecule has 1 amide bonds. The smallest absolute Gasteiger partial charge is 0.226 e. The summed E-state index contributed by atoms with van der Waals surface area (Å²) >= 11 is 0. The van der Waals surface area contributed by atoms with E-state index in [0.717, 1.165) is 16.7 Å². The molecular formula is C19H29NO3. The Morgan fingerprint density at radius 2 is 1.87 bits per heavy atom. The van der Waals surface area contributed by atoms with E-state index in [1.54, 1.807) is 11.0 Å². The molecule has 0 spiro atoms. The van der Waals surface area contributed by atoms with E-state index >= 15 is 0 Å². The van der Waals surface area contributed by atoms with Gasteiger partial charge in [0.15, 0.2) is 5.78 Å². The quantitative estimate of drug-likeness (QED) is 0.534. The second-order valence-electron chi connectivity index (χ2n) is 6.07. The van der Waals surface area contributed by atoms with Crippen molar-refractivity contribution >= 4 is 11.7 Å². The number of hydrogen-bond acceptors (Lipinski definition) is 3. The highest BCUT2D eigenvalue weighted by atomic mass is 16.5. The van der Waals surface area contributed by atoms with E-state index in [0.29, 0.717) is 32.7 Å². The van der Waals surface area contributed by atoms with Gasteiger partial charge in [-0.25, -0.2) is 0 Å². The van der Waals surface area contributed by atoms with E-state index < -0.39 is 0 Å². The van der Waals surface area contributed by atoms with Gasteiger partial charge in [-0.15, -0.1) is 0 Å². The largest absolute Gasteiger partial charge is 0.378 e. The second-order valence-corrected chi connectivity index (χ2v) is 6.07. The summed E-state index contributed by atoms with van der Waals surface area (Å²) in [6.45, 7) is 13.8. The Bertz CT molecular complexity index is 511. The maximum absolute atomic E-state index is 12.6. The van der Waals surface area contributed by atoms with Gasteiger partial charge in [-0.2, -0.15) is 0 Å². The fourth-order valence-corrected chi connectivity index (χ4v) is 2.77. The number of nitrogens with zero attached hydrogens (tertiary/aromatic N) is 1. The molecule has 1 fully saturated rings. The Morgan fingerprint density at radius 3 is 2.39 bits per heavy atom. The van der Waals surface area contributed by atoms with Crippen LogP contribution in [0.1, 0.15) is 40.5 Å². The second kappa shape index (κ2) is 9.46. The SMILES string of the molecule is C=C/C(C)=C\C(C)=C(/CC)C(=O)CC(C)C(=O)N1CCOCC1. The Morgan fingerprint density at radius 1 is 1.26 bits per heavy atom. The zero-order valence-electron chi connectivity index (χ0n) is 14.9. The molecule has 4 nitrogen and oxygen atoms in total. The lowest BCUT2D eigenvalue weighted by molar-refractivity contribution is -0.140. The van der Waals surface area contributed by atoms with Gasteiger partial charge in [0.05, 0.1) is 13.2 Å². The summed E-state index contributed by atoms with van der Waals surface area (Å²) in [5.41, 5.74) is 2.78. The molecule has 1 saturated heterocycles. The number of hydrogen-bond donors (Lipinski definition) is 0. The van der Waals surface area contributed by atoms with Crippen molar-refractivity contribution in [1.29, 1.82) is 0 Å².